The number of amides is 1. The van der Waals surface area contributed by atoms with E-state index in [1.807, 2.05) is 6.07 Å². The number of rotatable bonds is 2. The van der Waals surface area contributed by atoms with E-state index >= 15 is 0 Å². The summed E-state index contributed by atoms with van der Waals surface area (Å²) in [6.07, 6.45) is 1.75. The number of carbonyl (C=O) groups excluding carboxylic acids is 1. The molecular weight excluding hydrogens is 190 g/mol. The number of hydrogen-bond donors (Lipinski definition) is 1. The van der Waals surface area contributed by atoms with Crippen molar-refractivity contribution < 1.29 is 4.79 Å². The van der Waals surface area contributed by atoms with Crippen LogP contribution in [0.4, 0.5) is 0 Å². The van der Waals surface area contributed by atoms with E-state index in [4.69, 9.17) is 5.73 Å². The van der Waals surface area contributed by atoms with Crippen molar-refractivity contribution >= 4 is 11.4 Å². The fraction of sp³-hybridized carbons (Fsp3) is 0.273. The lowest BCUT2D eigenvalue weighted by Gasteiger charge is -1.96. The first-order valence-electron chi connectivity index (χ1n) is 4.87. The lowest BCUT2D eigenvalue weighted by Crippen LogP contribution is -2.10. The Morgan fingerprint density at radius 3 is 2.80 bits per heavy atom. The van der Waals surface area contributed by atoms with Gasteiger partial charge in [0.2, 0.25) is 5.91 Å². The Balaban J connectivity index is 2.57. The quantitative estimate of drug-likeness (QED) is 0.805. The molecule has 0 aromatic carbocycles. The van der Waals surface area contributed by atoms with Crippen LogP contribution in [0.15, 0.2) is 24.4 Å². The van der Waals surface area contributed by atoms with Gasteiger partial charge in [0.15, 0.2) is 0 Å². The molecule has 78 valence electrons. The molecule has 1 amide bonds. The number of pyridine rings is 1. The van der Waals surface area contributed by atoms with Gasteiger partial charge in [-0.3, -0.25) is 4.79 Å². The van der Waals surface area contributed by atoms with E-state index in [1.165, 1.54) is 0 Å². The van der Waals surface area contributed by atoms with Crippen LogP contribution in [-0.2, 0) is 0 Å². The number of nitrogens with two attached hydrogens (primary N) is 1. The van der Waals surface area contributed by atoms with Crippen LogP contribution in [0.3, 0.4) is 0 Å². The summed E-state index contributed by atoms with van der Waals surface area (Å²) in [5.41, 5.74) is 7.62. The molecule has 0 saturated carbocycles. The van der Waals surface area contributed by atoms with E-state index < -0.39 is 5.91 Å². The standard InChI is InChI=1S/C11H13N3O/c1-7(2)10-6-9-5-8(11(12)15)3-4-14(9)13-10/h3-7H,1-2H3,(H2,12,15). The highest BCUT2D eigenvalue weighted by Gasteiger charge is 2.07. The molecule has 0 aliphatic heterocycles. The Morgan fingerprint density at radius 2 is 2.20 bits per heavy atom. The van der Waals surface area contributed by atoms with Crippen molar-refractivity contribution in [1.29, 1.82) is 0 Å². The summed E-state index contributed by atoms with van der Waals surface area (Å²) in [7, 11) is 0. The Kier molecular flexibility index (Phi) is 2.19. The molecule has 2 N–H and O–H groups in total. The third-order valence-electron chi connectivity index (χ3n) is 2.36. The summed E-state index contributed by atoms with van der Waals surface area (Å²) in [5.74, 6) is -0.0354. The predicted molar refractivity (Wildman–Crippen MR) is 57.8 cm³/mol. The van der Waals surface area contributed by atoms with Crippen molar-refractivity contribution in [3.05, 3.63) is 35.7 Å². The van der Waals surface area contributed by atoms with Gasteiger partial charge in [-0.25, -0.2) is 4.52 Å². The van der Waals surface area contributed by atoms with Crippen molar-refractivity contribution in [3.63, 3.8) is 0 Å². The van der Waals surface area contributed by atoms with Gasteiger partial charge < -0.3 is 5.73 Å². The van der Waals surface area contributed by atoms with Crippen molar-refractivity contribution in [3.8, 4) is 0 Å². The molecule has 0 unspecified atom stereocenters. The Bertz CT molecular complexity index is 514. The molecule has 0 fully saturated rings. The Labute approximate surface area is 87.7 Å². The lowest BCUT2D eigenvalue weighted by molar-refractivity contribution is 0.100. The van der Waals surface area contributed by atoms with Crippen molar-refractivity contribution in [2.45, 2.75) is 19.8 Å². The van der Waals surface area contributed by atoms with Crippen LogP contribution in [-0.4, -0.2) is 15.5 Å². The van der Waals surface area contributed by atoms with Crippen LogP contribution < -0.4 is 5.73 Å². The van der Waals surface area contributed by atoms with E-state index in [0.717, 1.165) is 11.2 Å². The highest BCUT2D eigenvalue weighted by molar-refractivity contribution is 5.93. The van der Waals surface area contributed by atoms with Gasteiger partial charge in [0.05, 0.1) is 11.2 Å². The zero-order chi connectivity index (χ0) is 11.0. The maximum atomic E-state index is 11.0. The van der Waals surface area contributed by atoms with Crippen LogP contribution in [0.25, 0.3) is 5.52 Å². The number of carbonyl (C=O) groups is 1. The lowest BCUT2D eigenvalue weighted by atomic mass is 10.1. The fourth-order valence-electron chi connectivity index (χ4n) is 1.45. The summed E-state index contributed by atoms with van der Waals surface area (Å²) >= 11 is 0. The highest BCUT2D eigenvalue weighted by atomic mass is 16.1. The minimum absolute atomic E-state index is 0.377. The zero-order valence-corrected chi connectivity index (χ0v) is 8.77. The molecule has 2 heterocycles. The summed E-state index contributed by atoms with van der Waals surface area (Å²) in [5, 5.41) is 4.38. The minimum atomic E-state index is -0.412. The van der Waals surface area contributed by atoms with E-state index in [0.29, 0.717) is 11.5 Å². The zero-order valence-electron chi connectivity index (χ0n) is 8.77. The minimum Gasteiger partial charge on any atom is -0.366 e. The number of fused-ring (bicyclic) bond motifs is 1. The summed E-state index contributed by atoms with van der Waals surface area (Å²) in [6.45, 7) is 4.16. The molecule has 4 heteroatoms. The molecule has 0 saturated heterocycles. The maximum Gasteiger partial charge on any atom is 0.248 e. The van der Waals surface area contributed by atoms with Crippen molar-refractivity contribution in [2.75, 3.05) is 0 Å². The summed E-state index contributed by atoms with van der Waals surface area (Å²) < 4.78 is 1.75. The second-order valence-electron chi connectivity index (χ2n) is 3.87. The molecule has 0 atom stereocenters. The van der Waals surface area contributed by atoms with Crippen LogP contribution in [0.5, 0.6) is 0 Å². The van der Waals surface area contributed by atoms with Crippen molar-refractivity contribution in [1.82, 2.24) is 9.61 Å². The highest BCUT2D eigenvalue weighted by Crippen LogP contribution is 2.15. The monoisotopic (exact) mass is 203 g/mol. The first-order valence-corrected chi connectivity index (χ1v) is 4.87. The Hall–Kier alpha value is -1.84. The fourth-order valence-corrected chi connectivity index (χ4v) is 1.45. The van der Waals surface area contributed by atoms with Gasteiger partial charge in [-0.05, 0) is 24.1 Å². The first-order chi connectivity index (χ1) is 7.08. The van der Waals surface area contributed by atoms with E-state index in [1.54, 1.807) is 22.8 Å². The summed E-state index contributed by atoms with van der Waals surface area (Å²) in [4.78, 5) is 11.0. The molecule has 15 heavy (non-hydrogen) atoms. The predicted octanol–water partition coefficient (Wildman–Crippen LogP) is 1.56. The molecule has 4 nitrogen and oxygen atoms in total. The first kappa shape index (κ1) is 9.71. The average Bonchev–Trinajstić information content (AvgIpc) is 2.59. The number of primary amides is 1. The van der Waals surface area contributed by atoms with Gasteiger partial charge >= 0.3 is 0 Å². The van der Waals surface area contributed by atoms with Crippen LogP contribution in [0.2, 0.25) is 0 Å². The van der Waals surface area contributed by atoms with Crippen LogP contribution in [0, 0.1) is 0 Å². The molecule has 0 aliphatic rings. The molecular formula is C11H13N3O. The largest absolute Gasteiger partial charge is 0.366 e. The SMILES string of the molecule is CC(C)c1cc2cc(C(N)=O)ccn2n1. The normalized spacial score (nSPS) is 11.1. The molecule has 0 aliphatic carbocycles. The van der Waals surface area contributed by atoms with Gasteiger partial charge in [0.25, 0.3) is 0 Å². The number of aromatic nitrogens is 2. The number of nitrogens with zero attached hydrogens (tertiary/aromatic N) is 2. The van der Waals surface area contributed by atoms with E-state index in [9.17, 15) is 4.79 Å². The van der Waals surface area contributed by atoms with E-state index in [-0.39, 0.29) is 0 Å². The Morgan fingerprint density at radius 1 is 1.47 bits per heavy atom. The molecule has 2 rings (SSSR count). The average molecular weight is 203 g/mol. The van der Waals surface area contributed by atoms with Gasteiger partial charge in [-0.15, -0.1) is 0 Å². The topological polar surface area (TPSA) is 60.4 Å². The maximum absolute atomic E-state index is 11.0. The third-order valence-corrected chi connectivity index (χ3v) is 2.36. The van der Waals surface area contributed by atoms with Gasteiger partial charge in [0, 0.05) is 11.8 Å². The number of hydrogen-bond acceptors (Lipinski definition) is 2. The third kappa shape index (κ3) is 1.70. The second-order valence-corrected chi connectivity index (χ2v) is 3.87. The van der Waals surface area contributed by atoms with Gasteiger partial charge in [-0.1, -0.05) is 13.8 Å². The van der Waals surface area contributed by atoms with Gasteiger partial charge in [0.1, 0.15) is 0 Å². The molecule has 0 spiro atoms. The molecule has 0 bridgehead atoms. The smallest absolute Gasteiger partial charge is 0.248 e. The van der Waals surface area contributed by atoms with Gasteiger partial charge in [-0.2, -0.15) is 5.10 Å². The van der Waals surface area contributed by atoms with Crippen LogP contribution in [0.1, 0.15) is 35.8 Å². The molecule has 2 aromatic rings. The molecule has 2 aromatic heterocycles. The van der Waals surface area contributed by atoms with Crippen LogP contribution >= 0.6 is 0 Å². The van der Waals surface area contributed by atoms with Crippen molar-refractivity contribution in [2.24, 2.45) is 5.73 Å². The van der Waals surface area contributed by atoms with E-state index in [2.05, 4.69) is 18.9 Å². The molecule has 0 radical (unpaired) electrons. The second kappa shape index (κ2) is 3.38. The summed E-state index contributed by atoms with van der Waals surface area (Å²) in [6, 6.07) is 5.39.